The molecule has 0 bridgehead atoms. The number of hydrogen-bond donors (Lipinski definition) is 1. The Morgan fingerprint density at radius 2 is 2.19 bits per heavy atom. The molecule has 0 aliphatic heterocycles. The van der Waals surface area contributed by atoms with Gasteiger partial charge in [-0.15, -0.1) is 0 Å². The summed E-state index contributed by atoms with van der Waals surface area (Å²) in [5.74, 6) is -0.991. The third-order valence-electron chi connectivity index (χ3n) is 1.68. The van der Waals surface area contributed by atoms with Gasteiger partial charge in [0.1, 0.15) is 12.4 Å². The molecule has 1 aromatic rings. The maximum Gasteiger partial charge on any atom is 0.337 e. The summed E-state index contributed by atoms with van der Waals surface area (Å²) in [7, 11) is -3.08. The maximum absolute atomic E-state index is 10.8. The third kappa shape index (κ3) is 4.26. The third-order valence-corrected chi connectivity index (χ3v) is 2.59. The van der Waals surface area contributed by atoms with Crippen LogP contribution in [-0.4, -0.2) is 43.1 Å². The molecule has 1 heterocycles. The Morgan fingerprint density at radius 1 is 1.50 bits per heavy atom. The van der Waals surface area contributed by atoms with Crippen molar-refractivity contribution >= 4 is 15.8 Å². The van der Waals surface area contributed by atoms with E-state index in [-0.39, 0.29) is 23.7 Å². The van der Waals surface area contributed by atoms with Crippen LogP contribution in [0.2, 0.25) is 0 Å². The van der Waals surface area contributed by atoms with Gasteiger partial charge in [0.25, 0.3) is 0 Å². The summed E-state index contributed by atoms with van der Waals surface area (Å²) in [4.78, 5) is 14.3. The molecule has 88 valence electrons. The maximum atomic E-state index is 10.8. The lowest BCUT2D eigenvalue weighted by atomic mass is 10.3. The molecule has 0 aliphatic rings. The first-order chi connectivity index (χ1) is 7.38. The highest BCUT2D eigenvalue weighted by Gasteiger charge is 2.06. The predicted octanol–water partition coefficient (Wildman–Crippen LogP) is 0.203. The molecule has 1 aromatic heterocycles. The molecule has 0 aliphatic carbocycles. The lowest BCUT2D eigenvalue weighted by molar-refractivity contribution is 0.0696. The first-order valence-corrected chi connectivity index (χ1v) is 6.43. The van der Waals surface area contributed by atoms with E-state index in [0.717, 1.165) is 6.26 Å². The SMILES string of the molecule is CS(=O)(=O)CCOc1cncc(C(=O)O)c1. The van der Waals surface area contributed by atoms with E-state index in [4.69, 9.17) is 9.84 Å². The summed E-state index contributed by atoms with van der Waals surface area (Å²) in [6.07, 6.45) is 3.61. The largest absolute Gasteiger partial charge is 0.491 e. The van der Waals surface area contributed by atoms with Crippen LogP contribution >= 0.6 is 0 Å². The Morgan fingerprint density at radius 3 is 2.75 bits per heavy atom. The number of hydrogen-bond acceptors (Lipinski definition) is 5. The van der Waals surface area contributed by atoms with Crippen molar-refractivity contribution in [1.82, 2.24) is 4.98 Å². The van der Waals surface area contributed by atoms with Gasteiger partial charge in [-0.2, -0.15) is 0 Å². The number of carboxylic acid groups (broad SMARTS) is 1. The number of aromatic nitrogens is 1. The lowest BCUT2D eigenvalue weighted by Crippen LogP contribution is -2.12. The molecule has 0 spiro atoms. The first-order valence-electron chi connectivity index (χ1n) is 4.37. The van der Waals surface area contributed by atoms with E-state index >= 15 is 0 Å². The molecule has 0 saturated heterocycles. The van der Waals surface area contributed by atoms with Gasteiger partial charge in [-0.05, 0) is 6.07 Å². The van der Waals surface area contributed by atoms with Crippen molar-refractivity contribution < 1.29 is 23.1 Å². The Balaban J connectivity index is 2.61. The quantitative estimate of drug-likeness (QED) is 0.796. The van der Waals surface area contributed by atoms with Gasteiger partial charge in [-0.1, -0.05) is 0 Å². The van der Waals surface area contributed by atoms with Crippen LogP contribution in [0, 0.1) is 0 Å². The number of pyridine rings is 1. The van der Waals surface area contributed by atoms with Crippen molar-refractivity contribution in [3.63, 3.8) is 0 Å². The molecule has 0 aromatic carbocycles. The van der Waals surface area contributed by atoms with Crippen LogP contribution in [-0.2, 0) is 9.84 Å². The van der Waals surface area contributed by atoms with Crippen molar-refractivity contribution in [1.29, 1.82) is 0 Å². The predicted molar refractivity (Wildman–Crippen MR) is 56.4 cm³/mol. The van der Waals surface area contributed by atoms with Crippen molar-refractivity contribution in [3.05, 3.63) is 24.0 Å². The zero-order valence-corrected chi connectivity index (χ0v) is 9.40. The van der Waals surface area contributed by atoms with Gasteiger partial charge < -0.3 is 9.84 Å². The van der Waals surface area contributed by atoms with E-state index in [9.17, 15) is 13.2 Å². The van der Waals surface area contributed by atoms with Crippen LogP contribution in [0.15, 0.2) is 18.5 Å². The molecule has 0 fully saturated rings. The summed E-state index contributed by atoms with van der Waals surface area (Å²) in [6.45, 7) is -0.0242. The van der Waals surface area contributed by atoms with Gasteiger partial charge in [-0.25, -0.2) is 13.2 Å². The molecule has 0 unspecified atom stereocenters. The highest BCUT2D eigenvalue weighted by Crippen LogP contribution is 2.10. The summed E-state index contributed by atoms with van der Waals surface area (Å²) < 4.78 is 26.7. The average molecular weight is 245 g/mol. The van der Waals surface area contributed by atoms with Crippen molar-refractivity contribution in [2.45, 2.75) is 0 Å². The minimum absolute atomic E-state index is 0.00291. The zero-order valence-electron chi connectivity index (χ0n) is 8.58. The van der Waals surface area contributed by atoms with Gasteiger partial charge in [0, 0.05) is 12.5 Å². The number of aromatic carboxylic acids is 1. The van der Waals surface area contributed by atoms with Crippen LogP contribution < -0.4 is 4.74 Å². The van der Waals surface area contributed by atoms with E-state index in [1.807, 2.05) is 0 Å². The smallest absolute Gasteiger partial charge is 0.337 e. The minimum atomic E-state index is -3.08. The zero-order chi connectivity index (χ0) is 12.2. The summed E-state index contributed by atoms with van der Waals surface area (Å²) >= 11 is 0. The van der Waals surface area contributed by atoms with Crippen LogP contribution in [0.1, 0.15) is 10.4 Å². The average Bonchev–Trinajstić information content (AvgIpc) is 2.16. The van der Waals surface area contributed by atoms with Crippen molar-refractivity contribution in [3.8, 4) is 5.75 Å². The van der Waals surface area contributed by atoms with Crippen LogP contribution in [0.4, 0.5) is 0 Å². The number of carbonyl (C=O) groups is 1. The topological polar surface area (TPSA) is 93.6 Å². The van der Waals surface area contributed by atoms with Gasteiger partial charge in [0.05, 0.1) is 17.5 Å². The lowest BCUT2D eigenvalue weighted by Gasteiger charge is -2.05. The van der Waals surface area contributed by atoms with Crippen molar-refractivity contribution in [2.24, 2.45) is 0 Å². The highest BCUT2D eigenvalue weighted by atomic mass is 32.2. The summed E-state index contributed by atoms with van der Waals surface area (Å²) in [6, 6.07) is 1.29. The number of carboxylic acids is 1. The minimum Gasteiger partial charge on any atom is -0.491 e. The molecule has 0 atom stereocenters. The molecule has 0 amide bonds. The van der Waals surface area contributed by atoms with Crippen LogP contribution in [0.3, 0.4) is 0 Å². The molecule has 7 heteroatoms. The van der Waals surface area contributed by atoms with Crippen LogP contribution in [0.5, 0.6) is 5.75 Å². The van der Waals surface area contributed by atoms with Crippen LogP contribution in [0.25, 0.3) is 0 Å². The molecular weight excluding hydrogens is 234 g/mol. The Kier molecular flexibility index (Phi) is 3.83. The monoisotopic (exact) mass is 245 g/mol. The Labute approximate surface area is 92.8 Å². The normalized spacial score (nSPS) is 11.1. The fraction of sp³-hybridized carbons (Fsp3) is 0.333. The van der Waals surface area contributed by atoms with E-state index in [0.29, 0.717) is 0 Å². The molecule has 1 N–H and O–H groups in total. The van der Waals surface area contributed by atoms with Crippen molar-refractivity contribution in [2.75, 3.05) is 18.6 Å². The second kappa shape index (κ2) is 4.93. The molecule has 0 saturated carbocycles. The molecule has 0 radical (unpaired) electrons. The highest BCUT2D eigenvalue weighted by molar-refractivity contribution is 7.90. The van der Waals surface area contributed by atoms with Gasteiger partial charge >= 0.3 is 5.97 Å². The number of rotatable bonds is 5. The number of nitrogens with zero attached hydrogens (tertiary/aromatic N) is 1. The standard InChI is InChI=1S/C9H11NO5S/c1-16(13,14)3-2-15-8-4-7(9(11)12)5-10-6-8/h4-6H,2-3H2,1H3,(H,11,12). The Hall–Kier alpha value is -1.63. The van der Waals surface area contributed by atoms with E-state index in [1.165, 1.54) is 18.5 Å². The molecule has 16 heavy (non-hydrogen) atoms. The van der Waals surface area contributed by atoms with Gasteiger partial charge in [0.15, 0.2) is 9.84 Å². The number of ether oxygens (including phenoxy) is 1. The summed E-state index contributed by atoms with van der Waals surface area (Å²) in [5, 5.41) is 8.67. The molecule has 1 rings (SSSR count). The molecular formula is C9H11NO5S. The molecule has 6 nitrogen and oxygen atoms in total. The van der Waals surface area contributed by atoms with E-state index < -0.39 is 15.8 Å². The number of sulfone groups is 1. The fourth-order valence-electron chi connectivity index (χ4n) is 0.926. The fourth-order valence-corrected chi connectivity index (χ4v) is 1.31. The van der Waals surface area contributed by atoms with E-state index in [2.05, 4.69) is 4.98 Å². The van der Waals surface area contributed by atoms with E-state index in [1.54, 1.807) is 0 Å². The first kappa shape index (κ1) is 12.4. The second-order valence-electron chi connectivity index (χ2n) is 3.19. The second-order valence-corrected chi connectivity index (χ2v) is 5.45. The Bertz CT molecular complexity index is 482. The summed E-state index contributed by atoms with van der Waals surface area (Å²) in [5.41, 5.74) is -0.00291. The van der Waals surface area contributed by atoms with Gasteiger partial charge in [-0.3, -0.25) is 4.98 Å². The van der Waals surface area contributed by atoms with Gasteiger partial charge in [0.2, 0.25) is 0 Å².